The van der Waals surface area contributed by atoms with Crippen molar-refractivity contribution in [3.8, 4) is 0 Å². The van der Waals surface area contributed by atoms with Crippen molar-refractivity contribution in [2.24, 2.45) is 0 Å². The normalized spacial score (nSPS) is 10.1. The fourth-order valence-electron chi connectivity index (χ4n) is 1.84. The highest BCUT2D eigenvalue weighted by atomic mass is 16.6. The van der Waals surface area contributed by atoms with Gasteiger partial charge in [-0.1, -0.05) is 6.07 Å². The van der Waals surface area contributed by atoms with Crippen LogP contribution in [0, 0.1) is 10.1 Å². The van der Waals surface area contributed by atoms with E-state index in [0.29, 0.717) is 18.2 Å². The predicted octanol–water partition coefficient (Wildman–Crippen LogP) is 2.06. The van der Waals surface area contributed by atoms with Crippen LogP contribution in [0.15, 0.2) is 36.7 Å². The van der Waals surface area contributed by atoms with Crippen LogP contribution in [-0.4, -0.2) is 29.0 Å². The Bertz CT molecular complexity index is 603. The van der Waals surface area contributed by atoms with Gasteiger partial charge >= 0.3 is 5.69 Å². The molecular weight excluding hydrogens is 258 g/mol. The van der Waals surface area contributed by atoms with Crippen molar-refractivity contribution < 1.29 is 4.92 Å². The number of hydrogen-bond acceptors (Lipinski definition) is 6. The topological polar surface area (TPSA) is 84.2 Å². The molecule has 2 rings (SSSR count). The molecule has 0 aliphatic carbocycles. The van der Waals surface area contributed by atoms with E-state index >= 15 is 0 Å². The van der Waals surface area contributed by atoms with Gasteiger partial charge in [0.05, 0.1) is 4.92 Å². The molecule has 104 valence electrons. The van der Waals surface area contributed by atoms with Crippen molar-refractivity contribution in [1.82, 2.24) is 9.97 Å². The second-order valence-electron chi connectivity index (χ2n) is 4.26. The van der Waals surface area contributed by atoms with Crippen LogP contribution in [0.5, 0.6) is 0 Å². The zero-order valence-corrected chi connectivity index (χ0v) is 11.3. The smallest absolute Gasteiger partial charge is 0.311 e. The third kappa shape index (κ3) is 3.00. The van der Waals surface area contributed by atoms with Crippen LogP contribution in [0.25, 0.3) is 0 Å². The summed E-state index contributed by atoms with van der Waals surface area (Å²) >= 11 is 0. The predicted molar refractivity (Wildman–Crippen MR) is 76.8 cm³/mol. The van der Waals surface area contributed by atoms with Crippen molar-refractivity contribution in [3.05, 3.63) is 52.3 Å². The summed E-state index contributed by atoms with van der Waals surface area (Å²) in [7, 11) is 3.49. The fraction of sp³-hybridized carbons (Fsp3) is 0.231. The molecule has 7 nitrogen and oxygen atoms in total. The Kier molecular flexibility index (Phi) is 4.09. The summed E-state index contributed by atoms with van der Waals surface area (Å²) in [4.78, 5) is 20.7. The quantitative estimate of drug-likeness (QED) is 0.663. The number of nitrogens with zero attached hydrogens (tertiary/aromatic N) is 4. The van der Waals surface area contributed by atoms with Crippen LogP contribution in [0.3, 0.4) is 0 Å². The van der Waals surface area contributed by atoms with Crippen LogP contribution in [0.2, 0.25) is 0 Å². The van der Waals surface area contributed by atoms with Gasteiger partial charge in [0.25, 0.3) is 0 Å². The first kappa shape index (κ1) is 13.7. The molecule has 0 radical (unpaired) electrons. The van der Waals surface area contributed by atoms with E-state index in [9.17, 15) is 10.1 Å². The van der Waals surface area contributed by atoms with Gasteiger partial charge in [0.2, 0.25) is 5.82 Å². The third-order valence-electron chi connectivity index (χ3n) is 2.81. The van der Waals surface area contributed by atoms with E-state index in [-0.39, 0.29) is 5.69 Å². The Labute approximate surface area is 116 Å². The highest BCUT2D eigenvalue weighted by Crippen LogP contribution is 2.27. The highest BCUT2D eigenvalue weighted by Gasteiger charge is 2.19. The standard InChI is InChI=1S/C13H15N5O2/c1-14-12-6-5-11(18(19)20)13(16-12)17(2)9-10-4-3-7-15-8-10/h3-8H,9H2,1-2H3,(H,14,16). The summed E-state index contributed by atoms with van der Waals surface area (Å²) in [6.45, 7) is 0.495. The lowest BCUT2D eigenvalue weighted by molar-refractivity contribution is -0.384. The lowest BCUT2D eigenvalue weighted by Crippen LogP contribution is -2.19. The fourth-order valence-corrected chi connectivity index (χ4v) is 1.84. The Morgan fingerprint density at radius 2 is 2.20 bits per heavy atom. The first-order valence-corrected chi connectivity index (χ1v) is 6.05. The SMILES string of the molecule is CNc1ccc([N+](=O)[O-])c(N(C)Cc2cccnc2)n1. The molecule has 0 atom stereocenters. The molecule has 0 saturated carbocycles. The van der Waals surface area contributed by atoms with Gasteiger partial charge in [0.1, 0.15) is 5.82 Å². The molecular formula is C13H15N5O2. The summed E-state index contributed by atoms with van der Waals surface area (Å²) in [5.74, 6) is 0.911. The Hall–Kier alpha value is -2.70. The average molecular weight is 273 g/mol. The summed E-state index contributed by atoms with van der Waals surface area (Å²) in [5.41, 5.74) is 0.941. The van der Waals surface area contributed by atoms with E-state index < -0.39 is 4.92 Å². The van der Waals surface area contributed by atoms with Crippen LogP contribution >= 0.6 is 0 Å². The molecule has 0 unspecified atom stereocenters. The van der Waals surface area contributed by atoms with E-state index in [0.717, 1.165) is 5.56 Å². The van der Waals surface area contributed by atoms with Crippen molar-refractivity contribution in [3.63, 3.8) is 0 Å². The Morgan fingerprint density at radius 3 is 2.80 bits per heavy atom. The van der Waals surface area contributed by atoms with E-state index in [2.05, 4.69) is 15.3 Å². The lowest BCUT2D eigenvalue weighted by atomic mass is 10.2. The number of nitro groups is 1. The lowest BCUT2D eigenvalue weighted by Gasteiger charge is -2.18. The maximum atomic E-state index is 11.1. The molecule has 2 aromatic heterocycles. The van der Waals surface area contributed by atoms with Crippen LogP contribution in [0.4, 0.5) is 17.3 Å². The molecule has 7 heteroatoms. The molecule has 2 aromatic rings. The minimum Gasteiger partial charge on any atom is -0.373 e. The Morgan fingerprint density at radius 1 is 1.40 bits per heavy atom. The van der Waals surface area contributed by atoms with E-state index in [1.54, 1.807) is 37.5 Å². The van der Waals surface area contributed by atoms with E-state index in [1.807, 2.05) is 12.1 Å². The maximum absolute atomic E-state index is 11.1. The molecule has 0 bridgehead atoms. The molecule has 1 N–H and O–H groups in total. The van der Waals surface area contributed by atoms with Crippen molar-refractivity contribution in [1.29, 1.82) is 0 Å². The van der Waals surface area contributed by atoms with Gasteiger partial charge in [0.15, 0.2) is 0 Å². The molecule has 0 aromatic carbocycles. The van der Waals surface area contributed by atoms with Gasteiger partial charge in [-0.15, -0.1) is 0 Å². The number of hydrogen-bond donors (Lipinski definition) is 1. The maximum Gasteiger partial charge on any atom is 0.311 e. The van der Waals surface area contributed by atoms with E-state index in [1.165, 1.54) is 6.07 Å². The summed E-state index contributed by atoms with van der Waals surface area (Å²) in [5, 5.41) is 14.0. The average Bonchev–Trinajstić information content (AvgIpc) is 2.47. The largest absolute Gasteiger partial charge is 0.373 e. The minimum atomic E-state index is -0.429. The minimum absolute atomic E-state index is 0.0182. The van der Waals surface area contributed by atoms with Crippen molar-refractivity contribution >= 4 is 17.3 Å². The van der Waals surface area contributed by atoms with Gasteiger partial charge < -0.3 is 10.2 Å². The summed E-state index contributed by atoms with van der Waals surface area (Å²) in [6.07, 6.45) is 3.41. The monoisotopic (exact) mass is 273 g/mol. The molecule has 20 heavy (non-hydrogen) atoms. The van der Waals surface area contributed by atoms with E-state index in [4.69, 9.17) is 0 Å². The first-order valence-electron chi connectivity index (χ1n) is 6.05. The van der Waals surface area contributed by atoms with Gasteiger partial charge in [-0.2, -0.15) is 0 Å². The van der Waals surface area contributed by atoms with Gasteiger partial charge in [-0.25, -0.2) is 4.98 Å². The molecule has 0 saturated heterocycles. The molecule has 0 aliphatic rings. The highest BCUT2D eigenvalue weighted by molar-refractivity contribution is 5.61. The number of pyridine rings is 2. The number of rotatable bonds is 5. The second kappa shape index (κ2) is 5.96. The van der Waals surface area contributed by atoms with Crippen LogP contribution in [-0.2, 0) is 6.54 Å². The zero-order valence-electron chi connectivity index (χ0n) is 11.3. The van der Waals surface area contributed by atoms with Crippen molar-refractivity contribution in [2.45, 2.75) is 6.54 Å². The number of anilines is 2. The summed E-state index contributed by atoms with van der Waals surface area (Å²) in [6, 6.07) is 6.78. The van der Waals surface area contributed by atoms with Gasteiger partial charge in [-0.05, 0) is 17.7 Å². The molecule has 0 spiro atoms. The van der Waals surface area contributed by atoms with Crippen LogP contribution < -0.4 is 10.2 Å². The first-order chi connectivity index (χ1) is 9.61. The summed E-state index contributed by atoms with van der Waals surface area (Å²) < 4.78 is 0. The number of aromatic nitrogens is 2. The molecule has 2 heterocycles. The van der Waals surface area contributed by atoms with Gasteiger partial charge in [-0.3, -0.25) is 15.1 Å². The zero-order chi connectivity index (χ0) is 14.5. The second-order valence-corrected chi connectivity index (χ2v) is 4.26. The molecule has 0 amide bonds. The van der Waals surface area contributed by atoms with Gasteiger partial charge in [0, 0.05) is 39.1 Å². The molecule has 0 fully saturated rings. The van der Waals surface area contributed by atoms with Crippen LogP contribution in [0.1, 0.15) is 5.56 Å². The Balaban J connectivity index is 2.32. The number of nitrogens with one attached hydrogen (secondary N) is 1. The third-order valence-corrected chi connectivity index (χ3v) is 2.81. The van der Waals surface area contributed by atoms with Crippen molar-refractivity contribution in [2.75, 3.05) is 24.3 Å². The molecule has 0 aliphatic heterocycles.